The van der Waals surface area contributed by atoms with E-state index in [9.17, 15) is 0 Å². The Morgan fingerprint density at radius 1 is 1.24 bits per heavy atom. The monoisotopic (exact) mass is 358 g/mol. The molecule has 2 aromatic heterocycles. The van der Waals surface area contributed by atoms with Crippen LogP contribution in [0.4, 0.5) is 0 Å². The second-order valence-corrected chi connectivity index (χ2v) is 7.74. The third kappa shape index (κ3) is 3.65. The molecule has 25 heavy (non-hydrogen) atoms. The maximum Gasteiger partial charge on any atom is 0.234 e. The van der Waals surface area contributed by atoms with E-state index in [0.29, 0.717) is 24.4 Å². The minimum Gasteiger partial charge on any atom is -0.486 e. The molecule has 2 unspecified atom stereocenters. The van der Waals surface area contributed by atoms with Crippen LogP contribution in [0.15, 0.2) is 30.3 Å². The van der Waals surface area contributed by atoms with Gasteiger partial charge >= 0.3 is 0 Å². The van der Waals surface area contributed by atoms with E-state index in [-0.39, 0.29) is 6.04 Å². The highest BCUT2D eigenvalue weighted by molar-refractivity contribution is 7.16. The molecule has 2 N–H and O–H groups in total. The second kappa shape index (κ2) is 7.07. The topological polar surface area (TPSA) is 76.4 Å². The minimum absolute atomic E-state index is 0.221. The molecule has 0 bridgehead atoms. The summed E-state index contributed by atoms with van der Waals surface area (Å²) < 4.78 is 7.56. The number of fused-ring (bicyclic) bond motifs is 1. The molecule has 3 heterocycles. The van der Waals surface area contributed by atoms with Gasteiger partial charge in [-0.25, -0.2) is 5.43 Å². The first-order valence-corrected chi connectivity index (χ1v) is 9.40. The Bertz CT molecular complexity index is 830. The van der Waals surface area contributed by atoms with E-state index in [1.54, 1.807) is 15.9 Å². The predicted molar refractivity (Wildman–Crippen MR) is 96.3 cm³/mol. The molecule has 1 aliphatic rings. The molecule has 0 saturated carbocycles. The quantitative estimate of drug-likeness (QED) is 0.706. The van der Waals surface area contributed by atoms with Gasteiger partial charge in [0.2, 0.25) is 4.96 Å². The van der Waals surface area contributed by atoms with E-state index in [4.69, 9.17) is 9.84 Å². The molecule has 0 amide bonds. The molecule has 4 rings (SSSR count). The van der Waals surface area contributed by atoms with Gasteiger partial charge in [0.05, 0.1) is 6.04 Å². The van der Waals surface area contributed by atoms with Crippen LogP contribution in [0.25, 0.3) is 4.96 Å². The molecule has 2 atom stereocenters. The van der Waals surface area contributed by atoms with Crippen LogP contribution in [-0.4, -0.2) is 25.9 Å². The van der Waals surface area contributed by atoms with Crippen molar-refractivity contribution in [2.75, 3.05) is 0 Å². The van der Waals surface area contributed by atoms with E-state index in [1.807, 2.05) is 30.3 Å². The number of hydrogen-bond donors (Lipinski definition) is 2. The zero-order chi connectivity index (χ0) is 17.2. The number of benzene rings is 1. The van der Waals surface area contributed by atoms with Crippen molar-refractivity contribution in [1.29, 1.82) is 0 Å². The number of nitrogens with zero attached hydrogens (tertiary/aromatic N) is 4. The molecule has 8 heteroatoms. The number of para-hydroxylation sites is 1. The lowest BCUT2D eigenvalue weighted by atomic mass is 10.0. The fraction of sp³-hybridized carbons (Fsp3) is 0.471. The van der Waals surface area contributed by atoms with Gasteiger partial charge in [-0.05, 0) is 30.9 Å². The Labute approximate surface area is 150 Å². The standard InChI is InChI=1S/C17H22N6OS/c1-11(2)8-12-9-14(19-18-12)16-22-23-15(20-21-17(23)25-16)10-24-13-6-4-3-5-7-13/h3-7,11-12,14,18-19H,8-10H2,1-2H3. The molecule has 7 nitrogen and oxygen atoms in total. The van der Waals surface area contributed by atoms with Gasteiger partial charge in [-0.1, -0.05) is 43.4 Å². The average Bonchev–Trinajstić information content (AvgIpc) is 3.29. The van der Waals surface area contributed by atoms with Crippen molar-refractivity contribution in [3.63, 3.8) is 0 Å². The molecule has 1 aliphatic heterocycles. The summed E-state index contributed by atoms with van der Waals surface area (Å²) in [6, 6.07) is 10.4. The van der Waals surface area contributed by atoms with Crippen molar-refractivity contribution in [2.24, 2.45) is 5.92 Å². The van der Waals surface area contributed by atoms with Crippen LogP contribution >= 0.6 is 11.3 Å². The van der Waals surface area contributed by atoms with Gasteiger partial charge < -0.3 is 4.74 Å². The Balaban J connectivity index is 1.45. The lowest BCUT2D eigenvalue weighted by molar-refractivity contribution is 0.292. The molecule has 1 saturated heterocycles. The normalized spacial score (nSPS) is 20.6. The zero-order valence-electron chi connectivity index (χ0n) is 14.3. The molecule has 0 radical (unpaired) electrons. The van der Waals surface area contributed by atoms with E-state index in [1.165, 1.54) is 0 Å². The summed E-state index contributed by atoms with van der Waals surface area (Å²) in [6.45, 7) is 4.84. The fourth-order valence-electron chi connectivity index (χ4n) is 3.08. The van der Waals surface area contributed by atoms with Crippen LogP contribution in [-0.2, 0) is 6.61 Å². The molecule has 3 aromatic rings. The Hall–Kier alpha value is -2.03. The number of hydrazine groups is 1. The maximum absolute atomic E-state index is 5.77. The zero-order valence-corrected chi connectivity index (χ0v) is 15.2. The Morgan fingerprint density at radius 2 is 2.08 bits per heavy atom. The van der Waals surface area contributed by atoms with Gasteiger partial charge in [-0.2, -0.15) is 9.61 Å². The molecule has 1 aromatic carbocycles. The summed E-state index contributed by atoms with van der Waals surface area (Å²) in [7, 11) is 0. The number of nitrogens with one attached hydrogen (secondary N) is 2. The van der Waals surface area contributed by atoms with Gasteiger partial charge in [-0.3, -0.25) is 5.43 Å². The molecule has 1 fully saturated rings. The van der Waals surface area contributed by atoms with Crippen LogP contribution in [0, 0.1) is 5.92 Å². The number of ether oxygens (including phenoxy) is 1. The SMILES string of the molecule is CC(C)CC1CC(c2nn3c(COc4ccccc4)nnc3s2)NN1. The Kier molecular flexibility index (Phi) is 4.65. The van der Waals surface area contributed by atoms with E-state index >= 15 is 0 Å². The fourth-order valence-corrected chi connectivity index (χ4v) is 4.00. The summed E-state index contributed by atoms with van der Waals surface area (Å²) in [5, 5.41) is 14.2. The van der Waals surface area contributed by atoms with Gasteiger partial charge in [0.25, 0.3) is 0 Å². The largest absolute Gasteiger partial charge is 0.486 e. The summed E-state index contributed by atoms with van der Waals surface area (Å²) >= 11 is 1.58. The number of aromatic nitrogens is 4. The summed E-state index contributed by atoms with van der Waals surface area (Å²) in [6.07, 6.45) is 2.20. The summed E-state index contributed by atoms with van der Waals surface area (Å²) in [4.78, 5) is 0.802. The molecule has 0 spiro atoms. The smallest absolute Gasteiger partial charge is 0.234 e. The molecule has 132 valence electrons. The van der Waals surface area contributed by atoms with Crippen LogP contribution in [0.1, 0.15) is 43.6 Å². The third-order valence-electron chi connectivity index (χ3n) is 4.22. The Morgan fingerprint density at radius 3 is 2.88 bits per heavy atom. The number of hydrogen-bond acceptors (Lipinski definition) is 7. The van der Waals surface area contributed by atoms with Crippen molar-refractivity contribution in [2.45, 2.75) is 45.4 Å². The van der Waals surface area contributed by atoms with Crippen molar-refractivity contribution < 1.29 is 4.74 Å². The van der Waals surface area contributed by atoms with Gasteiger partial charge in [0, 0.05) is 6.04 Å². The highest BCUT2D eigenvalue weighted by Gasteiger charge is 2.28. The molecule has 0 aliphatic carbocycles. The number of rotatable bonds is 6. The van der Waals surface area contributed by atoms with Gasteiger partial charge in [0.1, 0.15) is 17.4 Å². The summed E-state index contributed by atoms with van der Waals surface area (Å²) in [5.41, 5.74) is 6.74. The van der Waals surface area contributed by atoms with Crippen LogP contribution in [0.5, 0.6) is 5.75 Å². The van der Waals surface area contributed by atoms with Crippen molar-refractivity contribution in [1.82, 2.24) is 30.7 Å². The highest BCUT2D eigenvalue weighted by atomic mass is 32.1. The lowest BCUT2D eigenvalue weighted by Gasteiger charge is -2.10. The third-order valence-corrected chi connectivity index (χ3v) is 5.23. The first kappa shape index (κ1) is 16.4. The van der Waals surface area contributed by atoms with Gasteiger partial charge in [0.15, 0.2) is 5.82 Å². The molecular weight excluding hydrogens is 336 g/mol. The van der Waals surface area contributed by atoms with Crippen molar-refractivity contribution in [3.8, 4) is 5.75 Å². The maximum atomic E-state index is 5.77. The van der Waals surface area contributed by atoms with Crippen LogP contribution in [0.2, 0.25) is 0 Å². The first-order valence-electron chi connectivity index (χ1n) is 8.59. The minimum atomic E-state index is 0.221. The van der Waals surface area contributed by atoms with E-state index in [0.717, 1.165) is 28.6 Å². The lowest BCUT2D eigenvalue weighted by Crippen LogP contribution is -2.31. The van der Waals surface area contributed by atoms with Crippen LogP contribution < -0.4 is 15.6 Å². The molecular formula is C17H22N6OS. The van der Waals surface area contributed by atoms with Crippen molar-refractivity contribution in [3.05, 3.63) is 41.2 Å². The second-order valence-electron chi connectivity index (χ2n) is 6.76. The van der Waals surface area contributed by atoms with Crippen LogP contribution in [0.3, 0.4) is 0 Å². The predicted octanol–water partition coefficient (Wildman–Crippen LogP) is 2.72. The average molecular weight is 358 g/mol. The summed E-state index contributed by atoms with van der Waals surface area (Å²) in [5.74, 6) is 2.21. The van der Waals surface area contributed by atoms with E-state index in [2.05, 4.69) is 34.9 Å². The van der Waals surface area contributed by atoms with Gasteiger partial charge in [-0.15, -0.1) is 10.2 Å². The highest BCUT2D eigenvalue weighted by Crippen LogP contribution is 2.28. The first-order chi connectivity index (χ1) is 12.2. The van der Waals surface area contributed by atoms with Crippen molar-refractivity contribution >= 4 is 16.3 Å². The van der Waals surface area contributed by atoms with E-state index < -0.39 is 0 Å².